The zero-order valence-corrected chi connectivity index (χ0v) is 16.4. The normalized spacial score (nSPS) is 63.1. The van der Waals surface area contributed by atoms with Gasteiger partial charge < -0.3 is 39.7 Å². The van der Waals surface area contributed by atoms with Gasteiger partial charge in [-0.05, 0) is 25.3 Å². The van der Waals surface area contributed by atoms with E-state index < -0.39 is 75.8 Å². The second-order valence-corrected chi connectivity index (χ2v) is 10.0. The highest BCUT2D eigenvalue weighted by molar-refractivity contribution is 5.96. The number of allylic oxidation sites excluding steroid dienone is 1. The van der Waals surface area contributed by atoms with Gasteiger partial charge in [0.2, 0.25) is 0 Å². The van der Waals surface area contributed by atoms with Crippen LogP contribution in [0.1, 0.15) is 20.3 Å². The van der Waals surface area contributed by atoms with Crippen molar-refractivity contribution >= 4 is 11.8 Å². The minimum atomic E-state index is -2.35. The number of hydrogen-bond acceptors (Lipinski definition) is 10. The fourth-order valence-electron chi connectivity index (χ4n) is 7.88. The molecule has 3 aliphatic carbocycles. The van der Waals surface area contributed by atoms with Crippen molar-refractivity contribution in [2.75, 3.05) is 13.2 Å². The van der Waals surface area contributed by atoms with Crippen LogP contribution in [-0.4, -0.2) is 91.9 Å². The Bertz CT molecular complexity index is 927. The molecule has 0 unspecified atom stereocenters. The van der Waals surface area contributed by atoms with Gasteiger partial charge >= 0.3 is 5.97 Å². The predicted molar refractivity (Wildman–Crippen MR) is 93.3 cm³/mol. The van der Waals surface area contributed by atoms with Gasteiger partial charge in [0.15, 0.2) is 23.3 Å². The standard InChI is InChI=1S/C20H24O10/c1-7-3-9(21)11(22)16(2)8(7)4-10-17-5-29-19(26,14(16)17)15(25)18(6-28-18)20(17,27)12(23)13(24)30-10/h3,8,10-12,14-15,22-23,25-27H,4-6H2,1-2H3/t8-,10+,11+,12-,14+,15+,16+,17+,18-,19-,20-/m0/s1. The smallest absolute Gasteiger partial charge is 0.338 e. The summed E-state index contributed by atoms with van der Waals surface area (Å²) in [6.45, 7) is 2.77. The molecule has 10 nitrogen and oxygen atoms in total. The van der Waals surface area contributed by atoms with Gasteiger partial charge in [-0.3, -0.25) is 4.79 Å². The molecule has 6 aliphatic rings. The zero-order chi connectivity index (χ0) is 21.6. The van der Waals surface area contributed by atoms with Crippen molar-refractivity contribution in [2.45, 2.75) is 61.7 Å². The van der Waals surface area contributed by atoms with Crippen LogP contribution < -0.4 is 0 Å². The van der Waals surface area contributed by atoms with Crippen molar-refractivity contribution in [3.63, 3.8) is 0 Å². The molecule has 11 atom stereocenters. The average molecular weight is 424 g/mol. The summed E-state index contributed by atoms with van der Waals surface area (Å²) < 4.78 is 16.7. The van der Waals surface area contributed by atoms with Gasteiger partial charge in [-0.15, -0.1) is 0 Å². The van der Waals surface area contributed by atoms with Crippen molar-refractivity contribution in [1.82, 2.24) is 0 Å². The van der Waals surface area contributed by atoms with Crippen LogP contribution in [0.3, 0.4) is 0 Å². The molecule has 2 spiro atoms. The summed E-state index contributed by atoms with van der Waals surface area (Å²) in [7, 11) is 0. The lowest BCUT2D eigenvalue weighted by Crippen LogP contribution is -2.87. The van der Waals surface area contributed by atoms with Gasteiger partial charge in [0.25, 0.3) is 0 Å². The Balaban J connectivity index is 1.68. The maximum absolute atomic E-state index is 12.6. The van der Waals surface area contributed by atoms with Crippen LogP contribution >= 0.6 is 0 Å². The summed E-state index contributed by atoms with van der Waals surface area (Å²) in [5.41, 5.74) is -6.52. The number of hydrogen-bond donors (Lipinski definition) is 5. The summed E-state index contributed by atoms with van der Waals surface area (Å²) >= 11 is 0. The Morgan fingerprint density at radius 2 is 1.73 bits per heavy atom. The third-order valence-corrected chi connectivity index (χ3v) is 9.17. The monoisotopic (exact) mass is 424 g/mol. The molecule has 5 N–H and O–H groups in total. The molecule has 6 rings (SSSR count). The molecule has 2 saturated carbocycles. The molecular weight excluding hydrogens is 400 g/mol. The van der Waals surface area contributed by atoms with Gasteiger partial charge in [0.05, 0.1) is 18.6 Å². The van der Waals surface area contributed by atoms with E-state index in [0.717, 1.165) is 0 Å². The largest absolute Gasteiger partial charge is 0.460 e. The highest BCUT2D eigenvalue weighted by Gasteiger charge is 2.94. The zero-order valence-electron chi connectivity index (χ0n) is 16.4. The number of ketones is 1. The Morgan fingerprint density at radius 1 is 1.07 bits per heavy atom. The van der Waals surface area contributed by atoms with Crippen LogP contribution in [-0.2, 0) is 23.8 Å². The van der Waals surface area contributed by atoms with E-state index >= 15 is 0 Å². The summed E-state index contributed by atoms with van der Waals surface area (Å²) in [6.07, 6.45) is -4.96. The maximum atomic E-state index is 12.6. The van der Waals surface area contributed by atoms with E-state index in [1.807, 2.05) is 0 Å². The lowest BCUT2D eigenvalue weighted by atomic mass is 9.36. The molecule has 0 aromatic carbocycles. The molecule has 30 heavy (non-hydrogen) atoms. The molecule has 3 saturated heterocycles. The van der Waals surface area contributed by atoms with Gasteiger partial charge in [0, 0.05) is 11.3 Å². The quantitative estimate of drug-likeness (QED) is 0.205. The van der Waals surface area contributed by atoms with Gasteiger partial charge in [0.1, 0.15) is 23.9 Å². The lowest BCUT2D eigenvalue weighted by molar-refractivity contribution is -0.379. The molecule has 3 aliphatic heterocycles. The number of aliphatic hydroxyl groups excluding tert-OH is 3. The predicted octanol–water partition coefficient (Wildman–Crippen LogP) is -2.62. The van der Waals surface area contributed by atoms with Crippen molar-refractivity contribution in [3.05, 3.63) is 11.6 Å². The van der Waals surface area contributed by atoms with E-state index in [-0.39, 0.29) is 19.6 Å². The van der Waals surface area contributed by atoms with Crippen LogP contribution in [0.2, 0.25) is 0 Å². The second-order valence-electron chi connectivity index (χ2n) is 10.0. The molecular formula is C20H24O10. The lowest BCUT2D eigenvalue weighted by Gasteiger charge is -2.70. The van der Waals surface area contributed by atoms with Crippen molar-refractivity contribution < 1.29 is 49.3 Å². The Hall–Kier alpha value is -1.40. The summed E-state index contributed by atoms with van der Waals surface area (Å²) in [5, 5.41) is 56.7. The van der Waals surface area contributed by atoms with Crippen LogP contribution in [0.4, 0.5) is 0 Å². The number of fused-ring (bicyclic) bond motifs is 2. The van der Waals surface area contributed by atoms with E-state index in [4.69, 9.17) is 14.2 Å². The Labute approximate surface area is 171 Å². The summed E-state index contributed by atoms with van der Waals surface area (Å²) in [5.74, 6) is -5.64. The molecule has 0 aromatic heterocycles. The van der Waals surface area contributed by atoms with E-state index in [1.54, 1.807) is 13.8 Å². The number of ether oxygens (including phenoxy) is 3. The van der Waals surface area contributed by atoms with Crippen LogP contribution in [0.25, 0.3) is 0 Å². The van der Waals surface area contributed by atoms with Crippen LogP contribution in [0.15, 0.2) is 11.6 Å². The molecule has 10 heteroatoms. The molecule has 2 bridgehead atoms. The molecule has 0 aromatic rings. The minimum Gasteiger partial charge on any atom is -0.460 e. The SMILES string of the molecule is CC1=CC(=O)[C@@H](O)[C@]2(C)[C@H]3[C@]4(O)OC[C@@]35[C@@H](C[C@@H]12)OC(=O)[C@H](O)[C@@]5(O)[C@]1(CO1)[C@H]4O. The van der Waals surface area contributed by atoms with Gasteiger partial charge in [-0.2, -0.15) is 0 Å². The number of esters is 1. The number of rotatable bonds is 0. The first-order valence-corrected chi connectivity index (χ1v) is 10.1. The van der Waals surface area contributed by atoms with E-state index in [1.165, 1.54) is 6.08 Å². The van der Waals surface area contributed by atoms with E-state index in [2.05, 4.69) is 0 Å². The van der Waals surface area contributed by atoms with Gasteiger partial charge in [-0.1, -0.05) is 12.5 Å². The molecule has 5 fully saturated rings. The molecule has 0 amide bonds. The van der Waals surface area contributed by atoms with Crippen molar-refractivity contribution in [3.8, 4) is 0 Å². The average Bonchev–Trinajstić information content (AvgIpc) is 3.44. The molecule has 3 heterocycles. The number of epoxide rings is 1. The molecule has 0 radical (unpaired) electrons. The number of carbonyl (C=O) groups is 2. The summed E-state index contributed by atoms with van der Waals surface area (Å²) in [4.78, 5) is 25.2. The fraction of sp³-hybridized carbons (Fsp3) is 0.800. The van der Waals surface area contributed by atoms with Crippen LogP contribution in [0, 0.1) is 22.7 Å². The van der Waals surface area contributed by atoms with E-state index in [9.17, 15) is 35.1 Å². The van der Waals surface area contributed by atoms with Crippen molar-refractivity contribution in [2.24, 2.45) is 22.7 Å². The highest BCUT2D eigenvalue weighted by Crippen LogP contribution is 2.77. The van der Waals surface area contributed by atoms with E-state index in [0.29, 0.717) is 5.57 Å². The maximum Gasteiger partial charge on any atom is 0.338 e. The van der Waals surface area contributed by atoms with Crippen molar-refractivity contribution in [1.29, 1.82) is 0 Å². The number of aliphatic hydroxyl groups is 5. The minimum absolute atomic E-state index is 0.145. The first-order chi connectivity index (χ1) is 13.9. The number of carbonyl (C=O) groups excluding carboxylic acids is 2. The third kappa shape index (κ3) is 1.53. The third-order valence-electron chi connectivity index (χ3n) is 9.17. The Kier molecular flexibility index (Phi) is 3.21. The first kappa shape index (κ1) is 19.3. The fourth-order valence-corrected chi connectivity index (χ4v) is 7.88. The Morgan fingerprint density at radius 3 is 2.37 bits per heavy atom. The second kappa shape index (κ2) is 4.98. The van der Waals surface area contributed by atoms with Crippen LogP contribution in [0.5, 0.6) is 0 Å². The topological polar surface area (TPSA) is 166 Å². The summed E-state index contributed by atoms with van der Waals surface area (Å²) in [6, 6.07) is 0. The van der Waals surface area contributed by atoms with Gasteiger partial charge in [-0.25, -0.2) is 4.79 Å². The highest BCUT2D eigenvalue weighted by atomic mass is 16.7. The molecule has 164 valence electrons. The first-order valence-electron chi connectivity index (χ1n) is 10.1.